The Morgan fingerprint density at radius 1 is 1.27 bits per heavy atom. The van der Waals surface area contributed by atoms with Crippen LogP contribution in [0.2, 0.25) is 5.02 Å². The minimum atomic E-state index is -1.05. The van der Waals surface area contributed by atoms with E-state index in [2.05, 4.69) is 21.2 Å². The summed E-state index contributed by atoms with van der Waals surface area (Å²) in [6, 6.07) is 7.35. The van der Waals surface area contributed by atoms with E-state index < -0.39 is 23.1 Å². The fraction of sp³-hybridized carbons (Fsp3) is 0.409. The molecule has 2 aliphatic rings. The zero-order valence-corrected chi connectivity index (χ0v) is 18.6. The summed E-state index contributed by atoms with van der Waals surface area (Å²) in [6.07, 6.45) is 2.96. The van der Waals surface area contributed by atoms with Crippen molar-refractivity contribution in [2.75, 3.05) is 19.6 Å². The highest BCUT2D eigenvalue weighted by atomic mass is 79.9. The summed E-state index contributed by atoms with van der Waals surface area (Å²) in [6.45, 7) is 1.18. The molecule has 0 saturated carbocycles. The molecule has 2 aromatic rings. The lowest BCUT2D eigenvalue weighted by Crippen LogP contribution is -2.72. The molecule has 0 radical (unpaired) electrons. The highest BCUT2D eigenvalue weighted by Crippen LogP contribution is 2.32. The molecule has 0 aromatic heterocycles. The summed E-state index contributed by atoms with van der Waals surface area (Å²) >= 11 is 9.56. The largest absolute Gasteiger partial charge is 0.385 e. The lowest BCUT2D eigenvalue weighted by molar-refractivity contribution is -0.108. The van der Waals surface area contributed by atoms with Gasteiger partial charge in [0.05, 0.1) is 13.1 Å². The third kappa shape index (κ3) is 4.13. The molecule has 0 bridgehead atoms. The number of rotatable bonds is 4. The Balaban J connectivity index is 1.57. The molecule has 4 nitrogen and oxygen atoms in total. The zero-order chi connectivity index (χ0) is 21.5. The number of amides is 1. The summed E-state index contributed by atoms with van der Waals surface area (Å²) in [5, 5.41) is 14.6. The number of carbonyl (C=O) groups excluding carboxylic acids is 1. The van der Waals surface area contributed by atoms with Crippen LogP contribution >= 0.6 is 27.5 Å². The Morgan fingerprint density at radius 3 is 2.70 bits per heavy atom. The second-order valence-corrected chi connectivity index (χ2v) is 9.39. The predicted molar refractivity (Wildman–Crippen MR) is 115 cm³/mol. The Bertz CT molecular complexity index is 976. The standard InChI is InChI=1S/C22H22BrClF2N2O2/c23-14-5-4-13(17(24)10-14)9-16-15(6-7-18(25)20(16)26)21(29)28-11-22(30,12-28)19-3-1-2-8-27-19/h4-7,10,19,27,30H,1-3,8-9,11-12H2. The first kappa shape index (κ1) is 21.7. The van der Waals surface area contributed by atoms with Crippen molar-refractivity contribution < 1.29 is 18.7 Å². The lowest BCUT2D eigenvalue weighted by Gasteiger charge is -2.51. The Kier molecular flexibility index (Phi) is 6.17. The Labute approximate surface area is 187 Å². The molecular formula is C22H22BrClF2N2O2. The molecule has 2 saturated heterocycles. The van der Waals surface area contributed by atoms with Crippen LogP contribution in [0.1, 0.15) is 40.7 Å². The average Bonchev–Trinajstić information content (AvgIpc) is 2.71. The number of benzene rings is 2. The summed E-state index contributed by atoms with van der Waals surface area (Å²) in [5.41, 5.74) is -0.337. The minimum absolute atomic E-state index is 0.0148. The molecule has 0 aliphatic carbocycles. The topological polar surface area (TPSA) is 52.6 Å². The maximum atomic E-state index is 14.7. The molecule has 2 aromatic carbocycles. The molecule has 1 unspecified atom stereocenters. The second kappa shape index (κ2) is 8.54. The molecule has 30 heavy (non-hydrogen) atoms. The number of piperidine rings is 1. The van der Waals surface area contributed by atoms with E-state index in [9.17, 15) is 18.7 Å². The molecule has 4 rings (SSSR count). The van der Waals surface area contributed by atoms with Crippen molar-refractivity contribution in [2.24, 2.45) is 0 Å². The van der Waals surface area contributed by atoms with Gasteiger partial charge in [0.2, 0.25) is 0 Å². The third-order valence-corrected chi connectivity index (χ3v) is 6.83. The van der Waals surface area contributed by atoms with Crippen LogP contribution in [-0.2, 0) is 6.42 Å². The number of carbonyl (C=O) groups is 1. The summed E-state index contributed by atoms with van der Waals surface area (Å²) in [7, 11) is 0. The number of nitrogens with one attached hydrogen (secondary N) is 1. The van der Waals surface area contributed by atoms with Gasteiger partial charge in [-0.25, -0.2) is 8.78 Å². The van der Waals surface area contributed by atoms with Gasteiger partial charge in [-0.1, -0.05) is 40.0 Å². The zero-order valence-electron chi connectivity index (χ0n) is 16.2. The highest BCUT2D eigenvalue weighted by Gasteiger charge is 2.49. The van der Waals surface area contributed by atoms with E-state index in [-0.39, 0.29) is 36.7 Å². The Hall–Kier alpha value is -1.54. The molecular weight excluding hydrogens is 478 g/mol. The van der Waals surface area contributed by atoms with Crippen LogP contribution in [0.3, 0.4) is 0 Å². The van der Waals surface area contributed by atoms with E-state index in [4.69, 9.17) is 11.6 Å². The third-order valence-electron chi connectivity index (χ3n) is 5.98. The fourth-order valence-corrected chi connectivity index (χ4v) is 5.02. The van der Waals surface area contributed by atoms with E-state index in [1.165, 1.54) is 11.0 Å². The van der Waals surface area contributed by atoms with Gasteiger partial charge in [0, 0.05) is 33.1 Å². The van der Waals surface area contributed by atoms with E-state index >= 15 is 0 Å². The van der Waals surface area contributed by atoms with Crippen molar-refractivity contribution in [3.63, 3.8) is 0 Å². The summed E-state index contributed by atoms with van der Waals surface area (Å²) in [4.78, 5) is 14.6. The number of halogens is 4. The van der Waals surface area contributed by atoms with Crippen LogP contribution in [0.25, 0.3) is 0 Å². The maximum absolute atomic E-state index is 14.7. The van der Waals surface area contributed by atoms with Crippen LogP contribution in [0, 0.1) is 11.6 Å². The monoisotopic (exact) mass is 498 g/mol. The molecule has 2 N–H and O–H groups in total. The van der Waals surface area contributed by atoms with Crippen molar-refractivity contribution >= 4 is 33.4 Å². The lowest BCUT2D eigenvalue weighted by atomic mass is 9.81. The van der Waals surface area contributed by atoms with Crippen LogP contribution < -0.4 is 5.32 Å². The van der Waals surface area contributed by atoms with Crippen molar-refractivity contribution in [3.8, 4) is 0 Å². The van der Waals surface area contributed by atoms with Crippen LogP contribution in [0.4, 0.5) is 8.78 Å². The normalized spacial score (nSPS) is 20.7. The van der Waals surface area contributed by atoms with Crippen molar-refractivity contribution in [1.29, 1.82) is 0 Å². The van der Waals surface area contributed by atoms with E-state index in [0.29, 0.717) is 10.6 Å². The van der Waals surface area contributed by atoms with Crippen molar-refractivity contribution in [3.05, 3.63) is 68.2 Å². The number of nitrogens with zero attached hydrogens (tertiary/aromatic N) is 1. The van der Waals surface area contributed by atoms with Crippen LogP contribution in [-0.4, -0.2) is 47.2 Å². The van der Waals surface area contributed by atoms with Gasteiger partial charge in [-0.2, -0.15) is 0 Å². The SMILES string of the molecule is O=C(c1ccc(F)c(F)c1Cc1ccc(Br)cc1Cl)N1CC(O)(C2CCCCN2)C1. The maximum Gasteiger partial charge on any atom is 0.254 e. The van der Waals surface area contributed by atoms with Crippen molar-refractivity contribution in [2.45, 2.75) is 37.3 Å². The molecule has 2 fully saturated rings. The smallest absolute Gasteiger partial charge is 0.254 e. The Morgan fingerprint density at radius 2 is 2.03 bits per heavy atom. The predicted octanol–water partition coefficient (Wildman–Crippen LogP) is 4.30. The van der Waals surface area contributed by atoms with E-state index in [1.807, 2.05) is 0 Å². The first-order valence-electron chi connectivity index (χ1n) is 9.94. The number of hydrogen-bond donors (Lipinski definition) is 2. The average molecular weight is 500 g/mol. The highest BCUT2D eigenvalue weighted by molar-refractivity contribution is 9.10. The molecule has 160 valence electrons. The van der Waals surface area contributed by atoms with Crippen LogP contribution in [0.15, 0.2) is 34.8 Å². The van der Waals surface area contributed by atoms with E-state index in [1.54, 1.807) is 18.2 Å². The van der Waals surface area contributed by atoms with Gasteiger partial charge < -0.3 is 15.3 Å². The first-order valence-corrected chi connectivity index (χ1v) is 11.1. The number of hydrogen-bond acceptors (Lipinski definition) is 3. The second-order valence-electron chi connectivity index (χ2n) is 8.07. The molecule has 1 atom stereocenters. The molecule has 0 spiro atoms. The van der Waals surface area contributed by atoms with Gasteiger partial charge in [0.25, 0.3) is 5.91 Å². The van der Waals surface area contributed by atoms with Gasteiger partial charge in [-0.05, 0) is 49.2 Å². The van der Waals surface area contributed by atoms with E-state index in [0.717, 1.165) is 36.3 Å². The van der Waals surface area contributed by atoms with Gasteiger partial charge in [-0.3, -0.25) is 4.79 Å². The van der Waals surface area contributed by atoms with Gasteiger partial charge in [-0.15, -0.1) is 0 Å². The van der Waals surface area contributed by atoms with Gasteiger partial charge in [0.15, 0.2) is 11.6 Å². The molecule has 2 heterocycles. The fourth-order valence-electron chi connectivity index (χ4n) is 4.28. The number of β-amino-alcohol motifs (C(OH)–C–C–N with tert-alkyl or cyclic N) is 1. The summed E-state index contributed by atoms with van der Waals surface area (Å²) in [5.74, 6) is -2.48. The number of likely N-dealkylation sites (tertiary alicyclic amines) is 1. The molecule has 1 amide bonds. The van der Waals surface area contributed by atoms with Gasteiger partial charge in [0.1, 0.15) is 5.60 Å². The minimum Gasteiger partial charge on any atom is -0.385 e. The summed E-state index contributed by atoms with van der Waals surface area (Å²) < 4.78 is 29.4. The molecule has 8 heteroatoms. The quantitative estimate of drug-likeness (QED) is 0.660. The molecule has 2 aliphatic heterocycles. The van der Waals surface area contributed by atoms with Gasteiger partial charge >= 0.3 is 0 Å². The first-order chi connectivity index (χ1) is 14.3. The van der Waals surface area contributed by atoms with Crippen LogP contribution in [0.5, 0.6) is 0 Å². The number of aliphatic hydroxyl groups is 1. The van der Waals surface area contributed by atoms with Crippen molar-refractivity contribution in [1.82, 2.24) is 10.2 Å².